The molecular weight excluding hydrogens is 268 g/mol. The first-order valence-electron chi connectivity index (χ1n) is 8.35. The first-order chi connectivity index (χ1) is 10.8. The monoisotopic (exact) mass is 292 g/mol. The molecule has 0 saturated carbocycles. The van der Waals surface area contributed by atoms with Crippen LogP contribution in [0.2, 0.25) is 0 Å². The summed E-state index contributed by atoms with van der Waals surface area (Å²) < 4.78 is 0. The van der Waals surface area contributed by atoms with Crippen LogP contribution in [0.3, 0.4) is 0 Å². The van der Waals surface area contributed by atoms with E-state index in [1.54, 1.807) is 0 Å². The van der Waals surface area contributed by atoms with E-state index in [1.807, 2.05) is 0 Å². The zero-order valence-electron chi connectivity index (χ0n) is 13.2. The fourth-order valence-electron chi connectivity index (χ4n) is 3.93. The van der Waals surface area contributed by atoms with Gasteiger partial charge in [-0.25, -0.2) is 0 Å². The van der Waals surface area contributed by atoms with Crippen molar-refractivity contribution >= 4 is 0 Å². The van der Waals surface area contributed by atoms with Gasteiger partial charge in [-0.1, -0.05) is 60.7 Å². The number of fused-ring (bicyclic) bond motifs is 1. The smallest absolute Gasteiger partial charge is 0.0386 e. The summed E-state index contributed by atoms with van der Waals surface area (Å²) in [5.41, 5.74) is 2.93. The third-order valence-electron chi connectivity index (χ3n) is 5.33. The molecule has 2 heterocycles. The van der Waals surface area contributed by atoms with Gasteiger partial charge in [-0.15, -0.1) is 0 Å². The Morgan fingerprint density at radius 2 is 1.41 bits per heavy atom. The number of piperazine rings is 1. The number of rotatable bonds is 4. The first-order valence-corrected chi connectivity index (χ1v) is 8.35. The van der Waals surface area contributed by atoms with E-state index < -0.39 is 0 Å². The number of hydrogen-bond donors (Lipinski definition) is 0. The molecule has 2 aliphatic rings. The van der Waals surface area contributed by atoms with Gasteiger partial charge in [-0.05, 0) is 31.0 Å². The van der Waals surface area contributed by atoms with Crippen LogP contribution < -0.4 is 0 Å². The predicted octanol–water partition coefficient (Wildman–Crippen LogP) is 2.84. The highest BCUT2D eigenvalue weighted by Crippen LogP contribution is 2.36. The van der Waals surface area contributed by atoms with Crippen molar-refractivity contribution in [3.05, 3.63) is 71.8 Å². The second kappa shape index (κ2) is 5.86. The molecule has 2 aliphatic heterocycles. The minimum absolute atomic E-state index is 0.652. The summed E-state index contributed by atoms with van der Waals surface area (Å²) in [6.07, 6.45) is 2.37. The molecule has 0 amide bonds. The highest BCUT2D eigenvalue weighted by atomic mass is 15.4. The lowest BCUT2D eigenvalue weighted by atomic mass is 10.0. The molecule has 0 bridgehead atoms. The lowest BCUT2D eigenvalue weighted by Crippen LogP contribution is -2.45. The highest BCUT2D eigenvalue weighted by molar-refractivity contribution is 5.22. The molecule has 0 aliphatic carbocycles. The van der Waals surface area contributed by atoms with E-state index in [-0.39, 0.29) is 0 Å². The average Bonchev–Trinajstić information content (AvgIpc) is 3.21. The van der Waals surface area contributed by atoms with Crippen molar-refractivity contribution < 1.29 is 0 Å². The molecule has 2 saturated heterocycles. The standard InChI is InChI=1S/C20H24N2/c1-21-15-20-19(13-17-10-6-3-7-11-17)22(20)14-18(21)12-16-8-4-2-5-9-16/h2-11,18-20H,12-15H2,1H3. The topological polar surface area (TPSA) is 6.25 Å². The van der Waals surface area contributed by atoms with E-state index in [0.29, 0.717) is 6.04 Å². The van der Waals surface area contributed by atoms with Crippen LogP contribution in [0.5, 0.6) is 0 Å². The molecule has 2 nitrogen and oxygen atoms in total. The second-order valence-electron chi connectivity index (χ2n) is 6.80. The minimum Gasteiger partial charge on any atom is -0.300 e. The van der Waals surface area contributed by atoms with E-state index in [2.05, 4.69) is 77.5 Å². The lowest BCUT2D eigenvalue weighted by Gasteiger charge is -2.32. The van der Waals surface area contributed by atoms with Crippen molar-refractivity contribution in [2.75, 3.05) is 20.1 Å². The summed E-state index contributed by atoms with van der Waals surface area (Å²) in [6, 6.07) is 24.0. The Kier molecular flexibility index (Phi) is 3.73. The van der Waals surface area contributed by atoms with Crippen molar-refractivity contribution in [1.29, 1.82) is 0 Å². The average molecular weight is 292 g/mol. The summed E-state index contributed by atoms with van der Waals surface area (Å²) in [4.78, 5) is 5.28. The van der Waals surface area contributed by atoms with Crippen LogP contribution in [0, 0.1) is 0 Å². The molecule has 0 N–H and O–H groups in total. The summed E-state index contributed by atoms with van der Waals surface area (Å²) >= 11 is 0. The molecule has 4 atom stereocenters. The second-order valence-corrected chi connectivity index (χ2v) is 6.80. The summed E-state index contributed by atoms with van der Waals surface area (Å²) in [6.45, 7) is 2.43. The van der Waals surface area contributed by atoms with E-state index in [4.69, 9.17) is 0 Å². The molecule has 2 fully saturated rings. The third-order valence-corrected chi connectivity index (χ3v) is 5.33. The van der Waals surface area contributed by atoms with Crippen LogP contribution in [0.15, 0.2) is 60.7 Å². The molecule has 0 radical (unpaired) electrons. The van der Waals surface area contributed by atoms with E-state index in [0.717, 1.165) is 12.1 Å². The van der Waals surface area contributed by atoms with Gasteiger partial charge in [-0.2, -0.15) is 0 Å². The zero-order valence-corrected chi connectivity index (χ0v) is 13.2. The van der Waals surface area contributed by atoms with Crippen LogP contribution in [0.4, 0.5) is 0 Å². The number of nitrogens with zero attached hydrogens (tertiary/aromatic N) is 2. The zero-order chi connectivity index (χ0) is 14.9. The summed E-state index contributed by atoms with van der Waals surface area (Å²) in [5.74, 6) is 0. The predicted molar refractivity (Wildman–Crippen MR) is 91.0 cm³/mol. The van der Waals surface area contributed by atoms with Gasteiger partial charge in [0.2, 0.25) is 0 Å². The maximum atomic E-state index is 2.71. The molecular formula is C20H24N2. The van der Waals surface area contributed by atoms with E-state index in [9.17, 15) is 0 Å². The van der Waals surface area contributed by atoms with Crippen LogP contribution >= 0.6 is 0 Å². The third kappa shape index (κ3) is 2.81. The Balaban J connectivity index is 1.39. The van der Waals surface area contributed by atoms with Gasteiger partial charge in [0.1, 0.15) is 0 Å². The van der Waals surface area contributed by atoms with Crippen molar-refractivity contribution in [3.63, 3.8) is 0 Å². The molecule has 0 aromatic heterocycles. The van der Waals surface area contributed by atoms with Gasteiger partial charge < -0.3 is 4.90 Å². The van der Waals surface area contributed by atoms with Gasteiger partial charge in [0.15, 0.2) is 0 Å². The Labute approximate surface area is 133 Å². The molecule has 22 heavy (non-hydrogen) atoms. The molecule has 4 unspecified atom stereocenters. The van der Waals surface area contributed by atoms with Crippen molar-refractivity contribution in [3.8, 4) is 0 Å². The van der Waals surface area contributed by atoms with Crippen LogP contribution in [-0.2, 0) is 12.8 Å². The lowest BCUT2D eigenvalue weighted by molar-refractivity contribution is 0.165. The normalized spacial score (nSPS) is 30.8. The van der Waals surface area contributed by atoms with Crippen molar-refractivity contribution in [2.24, 2.45) is 0 Å². The SMILES string of the molecule is CN1CC2C(Cc3ccccc3)N2CC1Cc1ccccc1. The maximum Gasteiger partial charge on any atom is 0.0386 e. The first kappa shape index (κ1) is 14.0. The van der Waals surface area contributed by atoms with Gasteiger partial charge in [-0.3, -0.25) is 4.90 Å². The van der Waals surface area contributed by atoms with Crippen molar-refractivity contribution in [2.45, 2.75) is 31.0 Å². The fraction of sp³-hybridized carbons (Fsp3) is 0.400. The molecule has 4 rings (SSSR count). The van der Waals surface area contributed by atoms with E-state index in [1.165, 1.54) is 37.1 Å². The number of likely N-dealkylation sites (N-methyl/N-ethyl adjacent to an activating group) is 1. The highest BCUT2D eigenvalue weighted by Gasteiger charge is 2.51. The van der Waals surface area contributed by atoms with Crippen LogP contribution in [0.1, 0.15) is 11.1 Å². The Bertz CT molecular complexity index is 610. The van der Waals surface area contributed by atoms with Crippen LogP contribution in [0.25, 0.3) is 0 Å². The Hall–Kier alpha value is -1.64. The molecule has 0 spiro atoms. The largest absolute Gasteiger partial charge is 0.300 e. The Morgan fingerprint density at radius 1 is 0.818 bits per heavy atom. The fourth-order valence-corrected chi connectivity index (χ4v) is 3.93. The Morgan fingerprint density at radius 3 is 2.05 bits per heavy atom. The summed E-state index contributed by atoms with van der Waals surface area (Å²) in [5, 5.41) is 0. The quantitative estimate of drug-likeness (QED) is 0.799. The number of benzene rings is 2. The van der Waals surface area contributed by atoms with Crippen molar-refractivity contribution in [1.82, 2.24) is 9.80 Å². The van der Waals surface area contributed by atoms with Gasteiger partial charge in [0.25, 0.3) is 0 Å². The van der Waals surface area contributed by atoms with Gasteiger partial charge in [0.05, 0.1) is 0 Å². The maximum absolute atomic E-state index is 2.71. The number of hydrogen-bond acceptors (Lipinski definition) is 2. The minimum atomic E-state index is 0.652. The molecule has 114 valence electrons. The van der Waals surface area contributed by atoms with Gasteiger partial charge >= 0.3 is 0 Å². The van der Waals surface area contributed by atoms with Gasteiger partial charge in [0, 0.05) is 31.2 Å². The molecule has 2 aromatic carbocycles. The molecule has 2 heteroatoms. The molecule has 2 aromatic rings. The van der Waals surface area contributed by atoms with E-state index >= 15 is 0 Å². The summed E-state index contributed by atoms with van der Waals surface area (Å²) in [7, 11) is 2.29. The van der Waals surface area contributed by atoms with Crippen LogP contribution in [-0.4, -0.2) is 48.1 Å².